The minimum Gasteiger partial charge on any atom is -0.472 e. The lowest BCUT2D eigenvalue weighted by Crippen LogP contribution is -2.52. The number of benzene rings is 1. The fraction of sp³-hybridized carbons (Fsp3) is 0.409. The van der Waals surface area contributed by atoms with Crippen molar-refractivity contribution in [2.24, 2.45) is 0 Å². The molecule has 2 saturated heterocycles. The van der Waals surface area contributed by atoms with Gasteiger partial charge in [-0.3, -0.25) is 14.4 Å². The van der Waals surface area contributed by atoms with Crippen LogP contribution in [0.2, 0.25) is 0 Å². The first kappa shape index (κ1) is 19.2. The van der Waals surface area contributed by atoms with Gasteiger partial charge in [-0.05, 0) is 43.9 Å². The molecule has 1 N–H and O–H groups in total. The van der Waals surface area contributed by atoms with Crippen LogP contribution in [0.4, 0.5) is 0 Å². The van der Waals surface area contributed by atoms with E-state index in [0.717, 1.165) is 6.42 Å². The molecule has 0 radical (unpaired) electrons. The molecule has 1 atom stereocenters. The number of nitrogens with one attached hydrogen (secondary N) is 1. The first-order valence-electron chi connectivity index (χ1n) is 10.1. The molecular formula is C22H25N3O4. The number of hydrogen-bond donors (Lipinski definition) is 1. The molecule has 7 heteroatoms. The van der Waals surface area contributed by atoms with E-state index in [1.807, 2.05) is 18.2 Å². The van der Waals surface area contributed by atoms with Gasteiger partial charge in [-0.1, -0.05) is 18.2 Å². The quantitative estimate of drug-likeness (QED) is 0.861. The number of nitrogens with zero attached hydrogens (tertiary/aromatic N) is 2. The van der Waals surface area contributed by atoms with Crippen molar-refractivity contribution in [3.05, 3.63) is 60.1 Å². The van der Waals surface area contributed by atoms with Gasteiger partial charge in [-0.25, -0.2) is 0 Å². The number of hydrogen-bond acceptors (Lipinski definition) is 4. The lowest BCUT2D eigenvalue weighted by molar-refractivity contribution is -0.125. The highest BCUT2D eigenvalue weighted by Crippen LogP contribution is 2.21. The van der Waals surface area contributed by atoms with Crippen LogP contribution in [-0.4, -0.2) is 59.2 Å². The molecule has 1 unspecified atom stereocenters. The minimum absolute atomic E-state index is 0.0187. The number of furan rings is 1. The Hall–Kier alpha value is -3.09. The molecule has 0 spiro atoms. The molecule has 2 fully saturated rings. The maximum Gasteiger partial charge on any atom is 0.257 e. The van der Waals surface area contributed by atoms with Gasteiger partial charge in [0.05, 0.1) is 11.8 Å². The summed E-state index contributed by atoms with van der Waals surface area (Å²) >= 11 is 0. The van der Waals surface area contributed by atoms with Crippen molar-refractivity contribution in [1.29, 1.82) is 0 Å². The van der Waals surface area contributed by atoms with E-state index in [4.69, 9.17) is 4.42 Å². The Morgan fingerprint density at radius 1 is 0.897 bits per heavy atom. The van der Waals surface area contributed by atoms with Crippen LogP contribution in [0, 0.1) is 0 Å². The molecule has 1 aromatic heterocycles. The topological polar surface area (TPSA) is 82.9 Å². The molecule has 1 aromatic carbocycles. The SMILES string of the molecule is O=C(NC1CCN(C(=O)c2ccoc2)CC1)C1CCCN1C(=O)c1ccccc1. The Kier molecular flexibility index (Phi) is 5.64. The van der Waals surface area contributed by atoms with E-state index < -0.39 is 6.04 Å². The maximum absolute atomic E-state index is 12.9. The summed E-state index contributed by atoms with van der Waals surface area (Å²) in [6.45, 7) is 1.78. The predicted octanol–water partition coefficient (Wildman–Crippen LogP) is 2.31. The average molecular weight is 395 g/mol. The minimum atomic E-state index is -0.423. The fourth-order valence-electron chi connectivity index (χ4n) is 4.12. The van der Waals surface area contributed by atoms with Crippen molar-refractivity contribution in [3.8, 4) is 0 Å². The summed E-state index contributed by atoms with van der Waals surface area (Å²) in [4.78, 5) is 41.5. The van der Waals surface area contributed by atoms with Crippen molar-refractivity contribution < 1.29 is 18.8 Å². The zero-order valence-corrected chi connectivity index (χ0v) is 16.3. The number of amides is 3. The molecule has 3 heterocycles. The van der Waals surface area contributed by atoms with Crippen LogP contribution in [0.5, 0.6) is 0 Å². The van der Waals surface area contributed by atoms with Crippen LogP contribution >= 0.6 is 0 Å². The van der Waals surface area contributed by atoms with Crippen molar-refractivity contribution >= 4 is 17.7 Å². The number of carbonyl (C=O) groups is 3. The molecular weight excluding hydrogens is 370 g/mol. The molecule has 4 rings (SSSR count). The molecule has 0 saturated carbocycles. The monoisotopic (exact) mass is 395 g/mol. The van der Waals surface area contributed by atoms with Crippen molar-refractivity contribution in [1.82, 2.24) is 15.1 Å². The Bertz CT molecular complexity index is 857. The molecule has 2 aliphatic heterocycles. The maximum atomic E-state index is 12.9. The van der Waals surface area contributed by atoms with E-state index in [9.17, 15) is 14.4 Å². The zero-order valence-electron chi connectivity index (χ0n) is 16.3. The lowest BCUT2D eigenvalue weighted by Gasteiger charge is -2.33. The van der Waals surface area contributed by atoms with E-state index in [2.05, 4.69) is 5.32 Å². The van der Waals surface area contributed by atoms with Gasteiger partial charge < -0.3 is 19.5 Å². The Labute approximate surface area is 169 Å². The van der Waals surface area contributed by atoms with Crippen LogP contribution < -0.4 is 5.32 Å². The second-order valence-corrected chi connectivity index (χ2v) is 7.61. The first-order chi connectivity index (χ1) is 14.1. The van der Waals surface area contributed by atoms with E-state index >= 15 is 0 Å². The second-order valence-electron chi connectivity index (χ2n) is 7.61. The third-order valence-corrected chi connectivity index (χ3v) is 5.73. The summed E-state index contributed by atoms with van der Waals surface area (Å²) in [5.41, 5.74) is 1.16. The van der Waals surface area contributed by atoms with Crippen molar-refractivity contribution in [2.45, 2.75) is 37.8 Å². The van der Waals surface area contributed by atoms with Gasteiger partial charge in [0, 0.05) is 31.2 Å². The summed E-state index contributed by atoms with van der Waals surface area (Å²) in [6, 6.07) is 10.3. The second kappa shape index (κ2) is 8.51. The smallest absolute Gasteiger partial charge is 0.257 e. The molecule has 2 aromatic rings. The van der Waals surface area contributed by atoms with Crippen LogP contribution in [0.25, 0.3) is 0 Å². The highest BCUT2D eigenvalue weighted by Gasteiger charge is 2.36. The van der Waals surface area contributed by atoms with E-state index in [-0.39, 0.29) is 23.8 Å². The van der Waals surface area contributed by atoms with Crippen LogP contribution in [-0.2, 0) is 4.79 Å². The molecule has 0 bridgehead atoms. The third-order valence-electron chi connectivity index (χ3n) is 5.73. The lowest BCUT2D eigenvalue weighted by atomic mass is 10.0. The van der Waals surface area contributed by atoms with Crippen molar-refractivity contribution in [3.63, 3.8) is 0 Å². The van der Waals surface area contributed by atoms with Crippen LogP contribution in [0.3, 0.4) is 0 Å². The van der Waals surface area contributed by atoms with E-state index in [1.165, 1.54) is 12.5 Å². The van der Waals surface area contributed by atoms with Gasteiger partial charge in [-0.2, -0.15) is 0 Å². The van der Waals surface area contributed by atoms with Gasteiger partial charge in [0.1, 0.15) is 12.3 Å². The van der Waals surface area contributed by atoms with E-state index in [1.54, 1.807) is 28.0 Å². The van der Waals surface area contributed by atoms with Crippen LogP contribution in [0.15, 0.2) is 53.3 Å². The van der Waals surface area contributed by atoms with Crippen molar-refractivity contribution in [2.75, 3.05) is 19.6 Å². The molecule has 3 amide bonds. The van der Waals surface area contributed by atoms with Gasteiger partial charge in [0.25, 0.3) is 11.8 Å². The summed E-state index contributed by atoms with van der Waals surface area (Å²) in [6.07, 6.45) is 5.86. The number of likely N-dealkylation sites (tertiary alicyclic amines) is 2. The van der Waals surface area contributed by atoms with Crippen LogP contribution in [0.1, 0.15) is 46.4 Å². The third kappa shape index (κ3) is 4.18. The summed E-state index contributed by atoms with van der Waals surface area (Å²) in [5, 5.41) is 3.10. The number of piperidine rings is 1. The highest BCUT2D eigenvalue weighted by atomic mass is 16.3. The van der Waals surface area contributed by atoms with Gasteiger partial charge >= 0.3 is 0 Å². The van der Waals surface area contributed by atoms with Gasteiger partial charge in [0.15, 0.2) is 0 Å². The average Bonchev–Trinajstić information content (AvgIpc) is 3.46. The van der Waals surface area contributed by atoms with Gasteiger partial charge in [0.2, 0.25) is 5.91 Å². The number of carbonyl (C=O) groups excluding carboxylic acids is 3. The molecule has 0 aliphatic carbocycles. The standard InChI is InChI=1S/C22H25N3O4/c26-20(19-7-4-11-25(19)22(28)16-5-2-1-3-6-16)23-18-8-12-24(13-9-18)21(27)17-10-14-29-15-17/h1-3,5-6,10,14-15,18-19H,4,7-9,11-13H2,(H,23,26). The zero-order chi connectivity index (χ0) is 20.2. The Balaban J connectivity index is 1.31. The fourth-order valence-corrected chi connectivity index (χ4v) is 4.12. The Morgan fingerprint density at radius 2 is 1.66 bits per heavy atom. The Morgan fingerprint density at radius 3 is 2.34 bits per heavy atom. The molecule has 152 valence electrons. The molecule has 29 heavy (non-hydrogen) atoms. The van der Waals surface area contributed by atoms with Gasteiger partial charge in [-0.15, -0.1) is 0 Å². The summed E-state index contributed by atoms with van der Waals surface area (Å²) < 4.78 is 4.98. The molecule has 7 nitrogen and oxygen atoms in total. The normalized spacial score (nSPS) is 19.9. The largest absolute Gasteiger partial charge is 0.472 e. The predicted molar refractivity (Wildman–Crippen MR) is 106 cm³/mol. The summed E-state index contributed by atoms with van der Waals surface area (Å²) in [5.74, 6) is -0.228. The van der Waals surface area contributed by atoms with E-state index in [0.29, 0.717) is 50.0 Å². The first-order valence-corrected chi connectivity index (χ1v) is 10.1. The molecule has 2 aliphatic rings. The highest BCUT2D eigenvalue weighted by molar-refractivity contribution is 5.98. The summed E-state index contributed by atoms with van der Waals surface area (Å²) in [7, 11) is 0. The number of rotatable bonds is 4.